The Labute approximate surface area is 98.1 Å². The van der Waals surface area contributed by atoms with Gasteiger partial charge in [0, 0.05) is 6.08 Å². The van der Waals surface area contributed by atoms with Gasteiger partial charge in [-0.05, 0) is 31.6 Å². The second-order valence-electron chi connectivity index (χ2n) is 5.33. The summed E-state index contributed by atoms with van der Waals surface area (Å²) in [5.74, 6) is 1.11. The fourth-order valence-electron chi connectivity index (χ4n) is 2.95. The molecule has 1 aliphatic carbocycles. The van der Waals surface area contributed by atoms with Crippen LogP contribution in [0.4, 0.5) is 0 Å². The van der Waals surface area contributed by atoms with Crippen LogP contribution in [-0.4, -0.2) is 11.4 Å². The molecule has 0 aromatic rings. The third-order valence-corrected chi connectivity index (χ3v) is 4.05. The lowest BCUT2D eigenvalue weighted by Crippen LogP contribution is -2.39. The fourth-order valence-corrected chi connectivity index (χ4v) is 2.95. The third kappa shape index (κ3) is 2.66. The monoisotopic (exact) mass is 222 g/mol. The van der Waals surface area contributed by atoms with Gasteiger partial charge in [-0.25, -0.2) is 0 Å². The highest BCUT2D eigenvalue weighted by Crippen LogP contribution is 2.40. The number of allylic oxidation sites excluding steroid dienone is 1. The molecular formula is C14H22O2. The highest BCUT2D eigenvalue weighted by molar-refractivity contribution is 5.90. The van der Waals surface area contributed by atoms with Crippen LogP contribution in [0.3, 0.4) is 0 Å². The van der Waals surface area contributed by atoms with Crippen molar-refractivity contribution in [2.24, 2.45) is 5.92 Å². The third-order valence-electron chi connectivity index (χ3n) is 4.05. The minimum Gasteiger partial charge on any atom is -0.494 e. The van der Waals surface area contributed by atoms with E-state index in [1.165, 1.54) is 32.1 Å². The van der Waals surface area contributed by atoms with Gasteiger partial charge in [0.15, 0.2) is 5.78 Å². The van der Waals surface area contributed by atoms with Gasteiger partial charge in [0.1, 0.15) is 5.60 Å². The minimum absolute atomic E-state index is 0.130. The fraction of sp³-hybridized carbons (Fsp3) is 0.786. The van der Waals surface area contributed by atoms with Crippen LogP contribution in [0.15, 0.2) is 12.3 Å². The first-order valence-electron chi connectivity index (χ1n) is 6.61. The lowest BCUT2D eigenvalue weighted by atomic mass is 9.74. The number of hydrogen-bond acceptors (Lipinski definition) is 2. The molecule has 0 N–H and O–H groups in total. The molecule has 0 unspecified atom stereocenters. The van der Waals surface area contributed by atoms with E-state index in [1.807, 2.05) is 0 Å². The van der Waals surface area contributed by atoms with Gasteiger partial charge in [-0.15, -0.1) is 0 Å². The summed E-state index contributed by atoms with van der Waals surface area (Å²) in [5.41, 5.74) is -0.130. The topological polar surface area (TPSA) is 26.3 Å². The predicted octanol–water partition coefficient (Wildman–Crippen LogP) is 3.61. The molecule has 0 radical (unpaired) electrons. The Morgan fingerprint density at radius 3 is 2.81 bits per heavy atom. The zero-order chi connectivity index (χ0) is 11.4. The molecule has 1 fully saturated rings. The van der Waals surface area contributed by atoms with Crippen LogP contribution in [0.1, 0.15) is 58.3 Å². The minimum atomic E-state index is -0.130. The molecule has 2 nitrogen and oxygen atoms in total. The first kappa shape index (κ1) is 11.7. The number of rotatable bonds is 3. The first-order valence-corrected chi connectivity index (χ1v) is 6.61. The highest BCUT2D eigenvalue weighted by atomic mass is 16.5. The van der Waals surface area contributed by atoms with E-state index < -0.39 is 0 Å². The van der Waals surface area contributed by atoms with Gasteiger partial charge >= 0.3 is 0 Å². The lowest BCUT2D eigenvalue weighted by molar-refractivity contribution is -0.125. The molecule has 2 rings (SSSR count). The molecule has 1 spiro atoms. The molecule has 0 aromatic carbocycles. The van der Waals surface area contributed by atoms with E-state index in [1.54, 1.807) is 12.3 Å². The van der Waals surface area contributed by atoms with Crippen molar-refractivity contribution in [1.82, 2.24) is 0 Å². The highest BCUT2D eigenvalue weighted by Gasteiger charge is 2.39. The Morgan fingerprint density at radius 2 is 2.19 bits per heavy atom. The van der Waals surface area contributed by atoms with Crippen LogP contribution in [0.5, 0.6) is 0 Å². The van der Waals surface area contributed by atoms with Gasteiger partial charge in [0.25, 0.3) is 0 Å². The number of unbranched alkanes of at least 4 members (excludes halogenated alkanes) is 1. The summed E-state index contributed by atoms with van der Waals surface area (Å²) in [4.78, 5) is 11.4. The van der Waals surface area contributed by atoms with Gasteiger partial charge in [-0.1, -0.05) is 26.2 Å². The van der Waals surface area contributed by atoms with Crippen molar-refractivity contribution in [3.05, 3.63) is 12.3 Å². The molecular weight excluding hydrogens is 200 g/mol. The molecule has 1 aliphatic heterocycles. The summed E-state index contributed by atoms with van der Waals surface area (Å²) in [5, 5.41) is 0. The molecule has 16 heavy (non-hydrogen) atoms. The van der Waals surface area contributed by atoms with Crippen molar-refractivity contribution in [2.45, 2.75) is 63.9 Å². The zero-order valence-corrected chi connectivity index (χ0v) is 10.2. The SMILES string of the molecule is CCCCC1CCC2(CC1)CC(=O)C=CO2. The van der Waals surface area contributed by atoms with Crippen LogP contribution in [0.25, 0.3) is 0 Å². The van der Waals surface area contributed by atoms with Crippen molar-refractivity contribution in [1.29, 1.82) is 0 Å². The summed E-state index contributed by atoms with van der Waals surface area (Å²) in [6.07, 6.45) is 12.4. The number of ketones is 1. The molecule has 1 saturated carbocycles. The van der Waals surface area contributed by atoms with E-state index in [2.05, 4.69) is 6.92 Å². The molecule has 1 heterocycles. The number of ether oxygens (including phenoxy) is 1. The molecule has 2 aliphatic rings. The predicted molar refractivity (Wildman–Crippen MR) is 64.1 cm³/mol. The van der Waals surface area contributed by atoms with E-state index in [-0.39, 0.29) is 11.4 Å². The Hall–Kier alpha value is -0.790. The number of carbonyl (C=O) groups is 1. The Balaban J connectivity index is 1.84. The van der Waals surface area contributed by atoms with Crippen molar-refractivity contribution < 1.29 is 9.53 Å². The van der Waals surface area contributed by atoms with E-state index >= 15 is 0 Å². The van der Waals surface area contributed by atoms with Crippen molar-refractivity contribution in [3.8, 4) is 0 Å². The molecule has 0 bridgehead atoms. The summed E-state index contributed by atoms with van der Waals surface area (Å²) in [6, 6.07) is 0. The second-order valence-corrected chi connectivity index (χ2v) is 5.33. The average molecular weight is 222 g/mol. The Morgan fingerprint density at radius 1 is 1.44 bits per heavy atom. The number of carbonyl (C=O) groups excluding carboxylic acids is 1. The van der Waals surface area contributed by atoms with Gasteiger partial charge in [0.2, 0.25) is 0 Å². The summed E-state index contributed by atoms with van der Waals surface area (Å²) < 4.78 is 5.73. The summed E-state index contributed by atoms with van der Waals surface area (Å²) >= 11 is 0. The second kappa shape index (κ2) is 5.03. The van der Waals surface area contributed by atoms with E-state index in [9.17, 15) is 4.79 Å². The number of hydrogen-bond donors (Lipinski definition) is 0. The van der Waals surface area contributed by atoms with Crippen LogP contribution >= 0.6 is 0 Å². The van der Waals surface area contributed by atoms with Gasteiger partial charge < -0.3 is 4.74 Å². The maximum atomic E-state index is 11.4. The Kier molecular flexibility index (Phi) is 3.67. The Bertz CT molecular complexity index is 272. The van der Waals surface area contributed by atoms with Crippen molar-refractivity contribution in [2.75, 3.05) is 0 Å². The molecule has 2 heteroatoms. The first-order chi connectivity index (χ1) is 7.74. The van der Waals surface area contributed by atoms with Gasteiger partial charge in [0.05, 0.1) is 12.7 Å². The van der Waals surface area contributed by atoms with Gasteiger partial charge in [-0.2, -0.15) is 0 Å². The van der Waals surface area contributed by atoms with E-state index in [4.69, 9.17) is 4.74 Å². The zero-order valence-electron chi connectivity index (χ0n) is 10.2. The van der Waals surface area contributed by atoms with E-state index in [0.717, 1.165) is 18.8 Å². The molecule has 90 valence electrons. The van der Waals surface area contributed by atoms with Crippen molar-refractivity contribution in [3.63, 3.8) is 0 Å². The molecule has 0 saturated heterocycles. The average Bonchev–Trinajstić information content (AvgIpc) is 2.28. The maximum Gasteiger partial charge on any atom is 0.162 e. The van der Waals surface area contributed by atoms with Crippen LogP contribution < -0.4 is 0 Å². The largest absolute Gasteiger partial charge is 0.494 e. The summed E-state index contributed by atoms with van der Waals surface area (Å²) in [7, 11) is 0. The van der Waals surface area contributed by atoms with Crippen LogP contribution in [0, 0.1) is 5.92 Å². The van der Waals surface area contributed by atoms with Crippen molar-refractivity contribution >= 4 is 5.78 Å². The smallest absolute Gasteiger partial charge is 0.162 e. The van der Waals surface area contributed by atoms with E-state index in [0.29, 0.717) is 6.42 Å². The quantitative estimate of drug-likeness (QED) is 0.729. The normalized spacial score (nSPS) is 34.1. The lowest BCUT2D eigenvalue weighted by Gasteiger charge is -2.40. The van der Waals surface area contributed by atoms with Crippen LogP contribution in [0.2, 0.25) is 0 Å². The summed E-state index contributed by atoms with van der Waals surface area (Å²) in [6.45, 7) is 2.25. The van der Waals surface area contributed by atoms with Crippen LogP contribution in [-0.2, 0) is 9.53 Å². The molecule has 0 amide bonds. The maximum absolute atomic E-state index is 11.4. The standard InChI is InChI=1S/C14H22O2/c1-2-3-4-12-5-8-14(9-6-12)11-13(15)7-10-16-14/h7,10,12H,2-6,8-9,11H2,1H3. The molecule has 0 atom stereocenters. The van der Waals surface area contributed by atoms with Gasteiger partial charge in [-0.3, -0.25) is 4.79 Å². The molecule has 0 aromatic heterocycles.